The molecule has 4 aromatic heterocycles. The Balaban J connectivity index is 0.00000596. The van der Waals surface area contributed by atoms with Crippen LogP contribution in [0.5, 0.6) is 11.5 Å². The molecule has 0 fully saturated rings. The van der Waals surface area contributed by atoms with Gasteiger partial charge in [-0.05, 0) is 51.5 Å². The number of benzene rings is 7. The molecule has 0 saturated heterocycles. The molecule has 62 heavy (non-hydrogen) atoms. The molecule has 11 rings (SSSR count). The summed E-state index contributed by atoms with van der Waals surface area (Å²) in [4.78, 5) is 13.0. The SMILES string of the molecule is [2H]c1c([2H])c([2H])c(-c2cccc(-c3c([2H])c([2H])c([2H])c([2H])c3[2H])c2-[n+]2[c-]n(-c3[c-]c(Oc4[c-]c5c(cc4)c4ccccc4n5-c4ccc(-c5cnc(C#N)nc5)cn4)ccc3)c3ccccc32)c([2H])c1[2H].[Pt]. The number of rotatable bonds is 8. The first-order valence-corrected chi connectivity index (χ1v) is 18.9. The minimum absolute atomic E-state index is 0. The maximum absolute atomic E-state index is 9.14. The fourth-order valence-corrected chi connectivity index (χ4v) is 7.50. The van der Waals surface area contributed by atoms with E-state index in [4.69, 9.17) is 28.7 Å². The number of hydrogen-bond acceptors (Lipinski definition) is 5. The number of para-hydroxylation sites is 4. The van der Waals surface area contributed by atoms with Crippen LogP contribution >= 0.6 is 0 Å². The number of pyridine rings is 1. The number of fused-ring (bicyclic) bond motifs is 4. The van der Waals surface area contributed by atoms with Crippen LogP contribution < -0.4 is 9.30 Å². The normalized spacial score (nSPS) is 13.3. The van der Waals surface area contributed by atoms with E-state index in [0.29, 0.717) is 45.1 Å². The summed E-state index contributed by atoms with van der Waals surface area (Å²) in [6, 6.07) is 36.1. The zero-order valence-electron chi connectivity index (χ0n) is 42.0. The van der Waals surface area contributed by atoms with E-state index in [2.05, 4.69) is 28.4 Å². The largest absolute Gasteiger partial charge is 0.510 e. The molecule has 0 unspecified atom stereocenters. The van der Waals surface area contributed by atoms with Gasteiger partial charge in [0.05, 0.1) is 30.4 Å². The summed E-state index contributed by atoms with van der Waals surface area (Å²) in [5.41, 5.74) is 4.77. The summed E-state index contributed by atoms with van der Waals surface area (Å²) in [5.74, 6) is 1.41. The van der Waals surface area contributed by atoms with Gasteiger partial charge in [-0.1, -0.05) is 127 Å². The Morgan fingerprint density at radius 1 is 0.597 bits per heavy atom. The summed E-state index contributed by atoms with van der Waals surface area (Å²) in [5, 5.41) is 11.0. The van der Waals surface area contributed by atoms with E-state index in [1.54, 1.807) is 76.3 Å². The zero-order valence-corrected chi connectivity index (χ0v) is 34.3. The average molecular weight is 987 g/mol. The molecule has 0 spiro atoms. The Morgan fingerprint density at radius 3 is 1.97 bits per heavy atom. The van der Waals surface area contributed by atoms with Crippen molar-refractivity contribution >= 4 is 32.8 Å². The first kappa shape index (κ1) is 28.5. The Hall–Kier alpha value is -7.98. The second-order valence-corrected chi connectivity index (χ2v) is 13.7. The first-order chi connectivity index (χ1) is 34.3. The number of aromatic nitrogens is 6. The van der Waals surface area contributed by atoms with Gasteiger partial charge in [-0.25, -0.2) is 15.0 Å². The molecule has 0 aliphatic rings. The van der Waals surface area contributed by atoms with Crippen LogP contribution in [0.3, 0.4) is 0 Å². The van der Waals surface area contributed by atoms with E-state index >= 15 is 0 Å². The summed E-state index contributed by atoms with van der Waals surface area (Å²) in [6.45, 7) is 0. The molecule has 7 aromatic carbocycles. The van der Waals surface area contributed by atoms with E-state index in [9.17, 15) is 0 Å². The van der Waals surface area contributed by atoms with Crippen LogP contribution in [0.15, 0.2) is 188 Å². The molecular weight excluding hydrogens is 946 g/mol. The van der Waals surface area contributed by atoms with Crippen LogP contribution in [0, 0.1) is 29.8 Å². The van der Waals surface area contributed by atoms with E-state index in [0.717, 1.165) is 21.9 Å². The van der Waals surface area contributed by atoms with Crippen molar-refractivity contribution in [1.29, 1.82) is 5.26 Å². The molecule has 0 N–H and O–H groups in total. The van der Waals surface area contributed by atoms with Crippen molar-refractivity contribution in [2.24, 2.45) is 0 Å². The molecule has 0 bridgehead atoms. The van der Waals surface area contributed by atoms with Crippen molar-refractivity contribution in [3.63, 3.8) is 0 Å². The second kappa shape index (κ2) is 16.2. The number of nitrogens with zero attached hydrogens (tertiary/aromatic N) is 7. The van der Waals surface area contributed by atoms with E-state index in [1.807, 2.05) is 71.3 Å². The third-order valence-corrected chi connectivity index (χ3v) is 10.2. The van der Waals surface area contributed by atoms with Gasteiger partial charge >= 0.3 is 0 Å². The van der Waals surface area contributed by atoms with Crippen molar-refractivity contribution < 1.29 is 44.1 Å². The molecule has 4 heterocycles. The van der Waals surface area contributed by atoms with Crippen molar-refractivity contribution in [2.75, 3.05) is 0 Å². The van der Waals surface area contributed by atoms with E-state index in [1.165, 1.54) is 0 Å². The second-order valence-electron chi connectivity index (χ2n) is 13.7. The quantitative estimate of drug-likeness (QED) is 0.112. The summed E-state index contributed by atoms with van der Waals surface area (Å²) >= 11 is 0. The summed E-state index contributed by atoms with van der Waals surface area (Å²) in [7, 11) is 0. The minimum Gasteiger partial charge on any atom is -0.510 e. The standard InChI is InChI=1S/C53H31N7O.Pt/c54-31-51-55-33-39(34-56-51)38-25-28-52(57-32-38)60-47-22-8-7-19-45(47)46-27-26-42(30-50(46)60)61-41-18-11-17-40(29-41)58-35-59(49-24-10-9-23-48(49)58)53-43(36-13-3-1-4-14-36)20-12-21-44(53)37-15-5-2-6-16-37;/h1-28,32-34H;/q-2;/i1D,2D,3D,4D,5D,6D,13D,14D,15D,16D;. The van der Waals surface area contributed by atoms with Gasteiger partial charge in [-0.3, -0.25) is 4.57 Å². The zero-order chi connectivity index (χ0) is 49.4. The topological polar surface area (TPSA) is 85.4 Å². The molecule has 0 amide bonds. The fourth-order valence-electron chi connectivity index (χ4n) is 7.50. The predicted octanol–water partition coefficient (Wildman–Crippen LogP) is 11.3. The molecule has 0 saturated carbocycles. The van der Waals surface area contributed by atoms with E-state index < -0.39 is 60.4 Å². The third-order valence-electron chi connectivity index (χ3n) is 10.2. The Morgan fingerprint density at radius 2 is 1.26 bits per heavy atom. The Bertz CT molecular complexity index is 3920. The number of ether oxygens (including phenoxy) is 1. The molecule has 0 aliphatic carbocycles. The number of nitriles is 1. The van der Waals surface area contributed by atoms with Gasteiger partial charge < -0.3 is 13.9 Å². The molecule has 9 heteroatoms. The van der Waals surface area contributed by atoms with Crippen LogP contribution in [0.25, 0.3) is 83.4 Å². The van der Waals surface area contributed by atoms with Crippen molar-refractivity contribution in [2.45, 2.75) is 0 Å². The van der Waals surface area contributed by atoms with Gasteiger partial charge in [0, 0.05) is 67.8 Å². The Kier molecular flexibility index (Phi) is 7.46. The Labute approximate surface area is 385 Å². The van der Waals surface area contributed by atoms with Crippen molar-refractivity contribution in [3.8, 4) is 68.1 Å². The maximum Gasteiger partial charge on any atom is 0.268 e. The molecule has 11 aromatic rings. The molecule has 0 aliphatic heterocycles. The predicted molar refractivity (Wildman–Crippen MR) is 237 cm³/mol. The minimum atomic E-state index is -0.583. The molecule has 296 valence electrons. The number of hydrogen-bond donors (Lipinski definition) is 0. The first-order valence-electron chi connectivity index (χ1n) is 23.9. The van der Waals surface area contributed by atoms with Gasteiger partial charge in [0.25, 0.3) is 6.33 Å². The summed E-state index contributed by atoms with van der Waals surface area (Å²) < 4.78 is 98.6. The number of imidazole rings is 1. The molecule has 0 radical (unpaired) electrons. The van der Waals surface area contributed by atoms with Gasteiger partial charge in [0.2, 0.25) is 5.82 Å². The van der Waals surface area contributed by atoms with Crippen molar-refractivity contribution in [3.05, 3.63) is 212 Å². The van der Waals surface area contributed by atoms with E-state index in [-0.39, 0.29) is 54.8 Å². The van der Waals surface area contributed by atoms with Gasteiger partial charge in [-0.15, -0.1) is 29.7 Å². The maximum atomic E-state index is 9.14. The third kappa shape index (κ3) is 6.81. The summed E-state index contributed by atoms with van der Waals surface area (Å²) in [6.07, 6.45) is 8.26. The molecule has 8 nitrogen and oxygen atoms in total. The van der Waals surface area contributed by atoms with Gasteiger partial charge in [0.1, 0.15) is 11.9 Å². The average Bonchev–Trinajstić information content (AvgIpc) is 3.95. The molecule has 0 atom stereocenters. The van der Waals surface area contributed by atoms with Crippen LogP contribution in [-0.2, 0) is 21.1 Å². The van der Waals surface area contributed by atoms with Gasteiger partial charge in [-0.2, -0.15) is 23.5 Å². The van der Waals surface area contributed by atoms with Crippen molar-refractivity contribution in [1.82, 2.24) is 24.1 Å². The fraction of sp³-hybridized carbons (Fsp3) is 0. The smallest absolute Gasteiger partial charge is 0.268 e. The van der Waals surface area contributed by atoms with Crippen LogP contribution in [0.1, 0.15) is 19.5 Å². The van der Waals surface area contributed by atoms with Crippen LogP contribution in [-0.4, -0.2) is 24.1 Å². The monoisotopic (exact) mass is 986 g/mol. The van der Waals surface area contributed by atoms with Crippen LogP contribution in [0.4, 0.5) is 0 Å². The van der Waals surface area contributed by atoms with Crippen LogP contribution in [0.2, 0.25) is 0 Å². The molecular formula is C53H31N7OPt-2. The van der Waals surface area contributed by atoms with Gasteiger partial charge in [0.15, 0.2) is 0 Å².